The lowest BCUT2D eigenvalue weighted by molar-refractivity contribution is -0.146. The fourth-order valence-electron chi connectivity index (χ4n) is 3.17. The minimum Gasteiger partial charge on any atom is -0.489 e. The number of ether oxygens (including phenoxy) is 2. The molecule has 3 aromatic rings. The van der Waals surface area contributed by atoms with Gasteiger partial charge < -0.3 is 19.0 Å². The summed E-state index contributed by atoms with van der Waals surface area (Å²) in [5.74, 6) is 0.230. The summed E-state index contributed by atoms with van der Waals surface area (Å²) < 4.78 is 50.3. The summed E-state index contributed by atoms with van der Waals surface area (Å²) in [4.78, 5) is 15.3. The molecule has 3 heterocycles. The lowest BCUT2D eigenvalue weighted by Crippen LogP contribution is -2.50. The van der Waals surface area contributed by atoms with Gasteiger partial charge in [0.05, 0.1) is 18.1 Å². The minimum absolute atomic E-state index is 0.0595. The van der Waals surface area contributed by atoms with Crippen LogP contribution in [0.4, 0.5) is 4.39 Å². The molecule has 1 aliphatic heterocycles. The van der Waals surface area contributed by atoms with Crippen molar-refractivity contribution in [2.75, 3.05) is 26.1 Å². The zero-order valence-corrected chi connectivity index (χ0v) is 16.2. The number of aromatic amines is 1. The molecule has 2 aromatic heterocycles. The SMILES string of the molecule is Cn1cc(-c2ccc(S(C)(=O)=O)cc2OCC2(F)COC2)c2cc[nH]c2c1=O. The van der Waals surface area contributed by atoms with Crippen LogP contribution in [0.1, 0.15) is 0 Å². The summed E-state index contributed by atoms with van der Waals surface area (Å²) in [5, 5.41) is 0.669. The van der Waals surface area contributed by atoms with Crippen molar-refractivity contribution in [3.63, 3.8) is 0 Å². The molecular weight excluding hydrogens is 387 g/mol. The van der Waals surface area contributed by atoms with E-state index in [0.29, 0.717) is 22.0 Å². The van der Waals surface area contributed by atoms with E-state index in [1.54, 1.807) is 31.6 Å². The first kappa shape index (κ1) is 18.7. The molecule has 1 saturated heterocycles. The topological polar surface area (TPSA) is 90.4 Å². The molecule has 0 radical (unpaired) electrons. The number of pyridine rings is 1. The lowest BCUT2D eigenvalue weighted by Gasteiger charge is -2.33. The van der Waals surface area contributed by atoms with Crippen molar-refractivity contribution < 1.29 is 22.3 Å². The summed E-state index contributed by atoms with van der Waals surface area (Å²) >= 11 is 0. The van der Waals surface area contributed by atoms with Gasteiger partial charge in [0.25, 0.3) is 5.56 Å². The highest BCUT2D eigenvalue weighted by molar-refractivity contribution is 7.90. The fraction of sp³-hybridized carbons (Fsp3) is 0.316. The van der Waals surface area contributed by atoms with E-state index in [1.165, 1.54) is 16.7 Å². The van der Waals surface area contributed by atoms with Gasteiger partial charge in [-0.15, -0.1) is 0 Å². The maximum absolute atomic E-state index is 14.4. The van der Waals surface area contributed by atoms with Crippen molar-refractivity contribution in [1.29, 1.82) is 0 Å². The first-order chi connectivity index (χ1) is 13.2. The second-order valence-electron chi connectivity index (χ2n) is 7.09. The number of nitrogens with one attached hydrogen (secondary N) is 1. The number of fused-ring (bicyclic) bond motifs is 1. The highest BCUT2D eigenvalue weighted by atomic mass is 32.2. The zero-order chi connectivity index (χ0) is 20.1. The van der Waals surface area contributed by atoms with Gasteiger partial charge >= 0.3 is 0 Å². The van der Waals surface area contributed by atoms with Crippen LogP contribution >= 0.6 is 0 Å². The molecule has 148 valence electrons. The van der Waals surface area contributed by atoms with Gasteiger partial charge in [0, 0.05) is 42.2 Å². The molecule has 1 fully saturated rings. The van der Waals surface area contributed by atoms with Crippen LogP contribution in [-0.2, 0) is 21.6 Å². The standard InChI is InChI=1S/C19H19FN2O5S/c1-22-8-15(14-5-6-21-17(14)18(22)23)13-4-3-12(28(2,24)25)7-16(13)27-11-19(20)9-26-10-19/h3-8,21H,9-11H2,1-2H3. The largest absolute Gasteiger partial charge is 0.489 e. The average Bonchev–Trinajstić information content (AvgIpc) is 3.10. The van der Waals surface area contributed by atoms with E-state index in [4.69, 9.17) is 9.47 Å². The zero-order valence-electron chi connectivity index (χ0n) is 15.4. The van der Waals surface area contributed by atoms with E-state index in [9.17, 15) is 17.6 Å². The third-order valence-electron chi connectivity index (χ3n) is 4.77. The Balaban J connectivity index is 1.87. The number of aryl methyl sites for hydroxylation is 1. The number of nitrogens with zero attached hydrogens (tertiary/aromatic N) is 1. The monoisotopic (exact) mass is 406 g/mol. The van der Waals surface area contributed by atoms with E-state index >= 15 is 0 Å². The van der Waals surface area contributed by atoms with Crippen molar-refractivity contribution in [3.8, 4) is 16.9 Å². The molecule has 4 rings (SSSR count). The van der Waals surface area contributed by atoms with Gasteiger partial charge in [-0.3, -0.25) is 4.79 Å². The smallest absolute Gasteiger partial charge is 0.274 e. The lowest BCUT2D eigenvalue weighted by atomic mass is 10.0. The summed E-state index contributed by atoms with van der Waals surface area (Å²) in [7, 11) is -1.85. The van der Waals surface area contributed by atoms with Gasteiger partial charge in [-0.05, 0) is 24.3 Å². The van der Waals surface area contributed by atoms with Crippen LogP contribution in [0.2, 0.25) is 0 Å². The number of hydrogen-bond donors (Lipinski definition) is 1. The van der Waals surface area contributed by atoms with E-state index in [1.807, 2.05) is 0 Å². The van der Waals surface area contributed by atoms with E-state index in [-0.39, 0.29) is 36.0 Å². The number of benzene rings is 1. The molecule has 0 aliphatic carbocycles. The predicted octanol–water partition coefficient (Wildman–Crippen LogP) is 2.05. The molecule has 0 saturated carbocycles. The van der Waals surface area contributed by atoms with Crippen LogP contribution < -0.4 is 10.3 Å². The Bertz CT molecular complexity index is 1220. The van der Waals surface area contributed by atoms with Crippen molar-refractivity contribution in [3.05, 3.63) is 47.0 Å². The highest BCUT2D eigenvalue weighted by Gasteiger charge is 2.40. The molecule has 1 N–H and O–H groups in total. The number of alkyl halides is 1. The second kappa shape index (κ2) is 6.46. The van der Waals surface area contributed by atoms with Crippen LogP contribution in [0.3, 0.4) is 0 Å². The van der Waals surface area contributed by atoms with Crippen molar-refractivity contribution in [1.82, 2.24) is 9.55 Å². The van der Waals surface area contributed by atoms with Crippen LogP contribution in [0, 0.1) is 0 Å². The van der Waals surface area contributed by atoms with E-state index in [0.717, 1.165) is 6.26 Å². The average molecular weight is 406 g/mol. The van der Waals surface area contributed by atoms with Crippen LogP contribution in [0.5, 0.6) is 5.75 Å². The quantitative estimate of drug-likeness (QED) is 0.700. The summed E-state index contributed by atoms with van der Waals surface area (Å²) in [6.45, 7) is -0.374. The summed E-state index contributed by atoms with van der Waals surface area (Å²) in [5.41, 5.74) is -0.117. The first-order valence-electron chi connectivity index (χ1n) is 8.59. The van der Waals surface area contributed by atoms with Gasteiger partial charge in [0.1, 0.15) is 17.9 Å². The number of rotatable bonds is 5. The predicted molar refractivity (Wildman–Crippen MR) is 102 cm³/mol. The van der Waals surface area contributed by atoms with Crippen LogP contribution in [0.25, 0.3) is 22.0 Å². The third kappa shape index (κ3) is 3.20. The number of sulfone groups is 1. The molecule has 7 nitrogen and oxygen atoms in total. The Morgan fingerprint density at radius 2 is 2.04 bits per heavy atom. The number of halogens is 1. The molecule has 1 aliphatic rings. The maximum Gasteiger partial charge on any atom is 0.274 e. The normalized spacial score (nSPS) is 16.1. The summed E-state index contributed by atoms with van der Waals surface area (Å²) in [6, 6.07) is 6.23. The third-order valence-corrected chi connectivity index (χ3v) is 5.88. The first-order valence-corrected chi connectivity index (χ1v) is 10.5. The Morgan fingerprint density at radius 3 is 2.68 bits per heavy atom. The molecule has 9 heteroatoms. The number of H-pyrrole nitrogens is 1. The molecular formula is C19H19FN2O5S. The van der Waals surface area contributed by atoms with Crippen LogP contribution in [-0.4, -0.2) is 49.7 Å². The summed E-state index contributed by atoms with van der Waals surface area (Å²) in [6.07, 6.45) is 4.40. The van der Waals surface area contributed by atoms with E-state index < -0.39 is 15.5 Å². The molecule has 0 amide bonds. The van der Waals surface area contributed by atoms with Gasteiger partial charge in [-0.1, -0.05) is 0 Å². The van der Waals surface area contributed by atoms with Gasteiger partial charge in [-0.2, -0.15) is 0 Å². The molecule has 1 aromatic carbocycles. The highest BCUT2D eigenvalue weighted by Crippen LogP contribution is 2.36. The molecule has 0 unspecified atom stereocenters. The Morgan fingerprint density at radius 1 is 1.29 bits per heavy atom. The molecule has 0 spiro atoms. The van der Waals surface area contributed by atoms with Crippen molar-refractivity contribution in [2.24, 2.45) is 7.05 Å². The maximum atomic E-state index is 14.4. The number of aromatic nitrogens is 2. The Hall–Kier alpha value is -2.65. The van der Waals surface area contributed by atoms with Crippen molar-refractivity contribution >= 4 is 20.7 Å². The Labute approximate surface area is 160 Å². The van der Waals surface area contributed by atoms with Gasteiger partial charge in [0.15, 0.2) is 15.5 Å². The van der Waals surface area contributed by atoms with Crippen LogP contribution in [0.15, 0.2) is 46.3 Å². The number of hydrogen-bond acceptors (Lipinski definition) is 5. The van der Waals surface area contributed by atoms with Gasteiger partial charge in [-0.25, -0.2) is 12.8 Å². The van der Waals surface area contributed by atoms with E-state index in [2.05, 4.69) is 4.98 Å². The molecule has 0 atom stereocenters. The molecule has 0 bridgehead atoms. The van der Waals surface area contributed by atoms with Gasteiger partial charge in [0.2, 0.25) is 0 Å². The Kier molecular flexibility index (Phi) is 4.31. The molecule has 28 heavy (non-hydrogen) atoms. The fourth-order valence-corrected chi connectivity index (χ4v) is 3.81. The van der Waals surface area contributed by atoms with Crippen molar-refractivity contribution in [2.45, 2.75) is 10.6 Å². The second-order valence-corrected chi connectivity index (χ2v) is 9.10. The minimum atomic E-state index is -3.48.